The minimum absolute atomic E-state index is 0.186. The Morgan fingerprint density at radius 2 is 1.73 bits per heavy atom. The van der Waals surface area contributed by atoms with Gasteiger partial charge >= 0.3 is 11.9 Å². The van der Waals surface area contributed by atoms with Crippen molar-refractivity contribution in [3.05, 3.63) is 16.0 Å². The number of hydrogen-bond donors (Lipinski definition) is 1. The fourth-order valence-electron chi connectivity index (χ4n) is 2.56. The van der Waals surface area contributed by atoms with Crippen LogP contribution in [0.25, 0.3) is 0 Å². The van der Waals surface area contributed by atoms with Gasteiger partial charge < -0.3 is 19.5 Å². The summed E-state index contributed by atoms with van der Waals surface area (Å²) in [6, 6.07) is 0. The molecule has 1 aromatic rings. The largest absolute Gasteiger partial charge is 0.459 e. The molecule has 1 atom stereocenters. The highest BCUT2D eigenvalue weighted by Crippen LogP contribution is 2.35. The number of ether oxygens (including phenoxy) is 3. The van der Waals surface area contributed by atoms with Crippen LogP contribution in [-0.2, 0) is 19.0 Å². The second kappa shape index (κ2) is 8.64. The molecule has 7 nitrogen and oxygen atoms in total. The van der Waals surface area contributed by atoms with Gasteiger partial charge in [-0.25, -0.2) is 9.59 Å². The van der Waals surface area contributed by atoms with Gasteiger partial charge in [0, 0.05) is 6.61 Å². The molecular formula is C18H25NO6S. The first-order valence-electron chi connectivity index (χ1n) is 8.68. The zero-order chi connectivity index (χ0) is 19.4. The van der Waals surface area contributed by atoms with Crippen LogP contribution in [0.15, 0.2) is 0 Å². The molecule has 1 amide bonds. The Bertz CT molecular complexity index is 688. The molecule has 1 aromatic heterocycles. The molecular weight excluding hydrogens is 358 g/mol. The third kappa shape index (κ3) is 4.82. The Hall–Kier alpha value is -1.93. The van der Waals surface area contributed by atoms with Crippen molar-refractivity contribution in [1.29, 1.82) is 0 Å². The molecule has 8 heteroatoms. The number of nitrogens with one attached hydrogen (secondary N) is 1. The summed E-state index contributed by atoms with van der Waals surface area (Å²) in [5.41, 5.74) is 0.625. The minimum atomic E-state index is -0.583. The molecule has 2 heterocycles. The standard InChI is InChI=1S/C18H25NO6S/c1-9(2)24-17(21)13-11(5)14(18(22)25-10(3)4)26-16(13)19-15(20)12-7-6-8-23-12/h9-10,12H,6-8H2,1-5H3,(H,19,20)/t12-/m0/s1. The Morgan fingerprint density at radius 1 is 1.12 bits per heavy atom. The molecule has 2 rings (SSSR count). The van der Waals surface area contributed by atoms with E-state index >= 15 is 0 Å². The number of thiophene rings is 1. The first kappa shape index (κ1) is 20.4. The van der Waals surface area contributed by atoms with E-state index in [0.29, 0.717) is 18.6 Å². The Labute approximate surface area is 157 Å². The van der Waals surface area contributed by atoms with Crippen LogP contribution in [0.5, 0.6) is 0 Å². The van der Waals surface area contributed by atoms with Crippen LogP contribution in [0.2, 0.25) is 0 Å². The van der Waals surface area contributed by atoms with Gasteiger partial charge in [0.2, 0.25) is 0 Å². The molecule has 1 saturated heterocycles. The van der Waals surface area contributed by atoms with Crippen LogP contribution in [0, 0.1) is 6.92 Å². The Balaban J connectivity index is 2.34. The van der Waals surface area contributed by atoms with E-state index in [9.17, 15) is 14.4 Å². The third-order valence-corrected chi connectivity index (χ3v) is 4.87. The van der Waals surface area contributed by atoms with Gasteiger partial charge in [-0.3, -0.25) is 4.79 Å². The highest BCUT2D eigenvalue weighted by Gasteiger charge is 2.30. The number of hydrogen-bond acceptors (Lipinski definition) is 7. The van der Waals surface area contributed by atoms with Crippen molar-refractivity contribution in [3.63, 3.8) is 0 Å². The van der Waals surface area contributed by atoms with E-state index in [1.165, 1.54) is 0 Å². The zero-order valence-corrected chi connectivity index (χ0v) is 16.5. The number of rotatable bonds is 6. The summed E-state index contributed by atoms with van der Waals surface area (Å²) >= 11 is 1.02. The molecule has 0 bridgehead atoms. The Kier molecular flexibility index (Phi) is 6.77. The molecule has 0 spiro atoms. The third-order valence-electron chi connectivity index (χ3n) is 3.68. The lowest BCUT2D eigenvalue weighted by Gasteiger charge is -2.12. The highest BCUT2D eigenvalue weighted by molar-refractivity contribution is 7.18. The molecule has 1 aliphatic rings. The number of carbonyl (C=O) groups is 3. The smallest absolute Gasteiger partial charge is 0.348 e. The van der Waals surface area contributed by atoms with Gasteiger partial charge in [0.05, 0.1) is 17.8 Å². The van der Waals surface area contributed by atoms with Gasteiger partial charge in [-0.2, -0.15) is 0 Å². The van der Waals surface area contributed by atoms with Crippen molar-refractivity contribution < 1.29 is 28.6 Å². The van der Waals surface area contributed by atoms with E-state index in [2.05, 4.69) is 5.32 Å². The van der Waals surface area contributed by atoms with E-state index in [4.69, 9.17) is 14.2 Å². The van der Waals surface area contributed by atoms with Crippen LogP contribution >= 0.6 is 11.3 Å². The van der Waals surface area contributed by atoms with Gasteiger partial charge in [0.25, 0.3) is 5.91 Å². The van der Waals surface area contributed by atoms with Crippen LogP contribution < -0.4 is 5.32 Å². The first-order valence-corrected chi connectivity index (χ1v) is 9.50. The van der Waals surface area contributed by atoms with Gasteiger partial charge in [-0.05, 0) is 53.0 Å². The summed E-state index contributed by atoms with van der Waals surface area (Å²) < 4.78 is 15.9. The lowest BCUT2D eigenvalue weighted by Crippen LogP contribution is -2.27. The number of amides is 1. The molecule has 26 heavy (non-hydrogen) atoms. The molecule has 1 fully saturated rings. The summed E-state index contributed by atoms with van der Waals surface area (Å²) in [7, 11) is 0. The monoisotopic (exact) mass is 383 g/mol. The lowest BCUT2D eigenvalue weighted by atomic mass is 10.1. The summed E-state index contributed by atoms with van der Waals surface area (Å²) in [5, 5.41) is 3.00. The van der Waals surface area contributed by atoms with Gasteiger partial charge in [-0.1, -0.05) is 0 Å². The van der Waals surface area contributed by atoms with Gasteiger partial charge in [0.1, 0.15) is 16.0 Å². The van der Waals surface area contributed by atoms with Crippen LogP contribution in [0.3, 0.4) is 0 Å². The average molecular weight is 383 g/mol. The normalized spacial score (nSPS) is 16.8. The zero-order valence-electron chi connectivity index (χ0n) is 15.7. The Morgan fingerprint density at radius 3 is 2.27 bits per heavy atom. The number of carbonyl (C=O) groups excluding carboxylic acids is 3. The fraction of sp³-hybridized carbons (Fsp3) is 0.611. The van der Waals surface area contributed by atoms with E-state index in [1.54, 1.807) is 34.6 Å². The molecule has 0 saturated carbocycles. The van der Waals surface area contributed by atoms with Crippen LogP contribution in [-0.4, -0.2) is 42.8 Å². The van der Waals surface area contributed by atoms with E-state index in [-0.39, 0.29) is 33.6 Å². The van der Waals surface area contributed by atoms with E-state index in [0.717, 1.165) is 17.8 Å². The molecule has 1 N–H and O–H groups in total. The summed E-state index contributed by atoms with van der Waals surface area (Å²) in [4.78, 5) is 37.5. The van der Waals surface area contributed by atoms with Crippen molar-refractivity contribution in [2.45, 2.75) is 65.8 Å². The fourth-order valence-corrected chi connectivity index (χ4v) is 3.64. The number of esters is 2. The van der Waals surface area contributed by atoms with E-state index < -0.39 is 18.0 Å². The minimum Gasteiger partial charge on any atom is -0.459 e. The maximum absolute atomic E-state index is 12.5. The van der Waals surface area contributed by atoms with Crippen LogP contribution in [0.4, 0.5) is 5.00 Å². The average Bonchev–Trinajstić information content (AvgIpc) is 3.14. The molecule has 144 valence electrons. The maximum atomic E-state index is 12.5. The highest BCUT2D eigenvalue weighted by atomic mass is 32.1. The first-order chi connectivity index (χ1) is 12.2. The van der Waals surface area contributed by atoms with Crippen molar-refractivity contribution in [3.8, 4) is 0 Å². The van der Waals surface area contributed by atoms with Gasteiger partial charge in [0.15, 0.2) is 0 Å². The summed E-state index contributed by atoms with van der Waals surface area (Å²) in [6.07, 6.45) is 0.284. The van der Waals surface area contributed by atoms with Crippen molar-refractivity contribution in [1.82, 2.24) is 0 Å². The maximum Gasteiger partial charge on any atom is 0.348 e. The van der Waals surface area contributed by atoms with Crippen molar-refractivity contribution in [2.24, 2.45) is 0 Å². The SMILES string of the molecule is Cc1c(C(=O)OC(C)C)sc(NC(=O)[C@@H]2CCCO2)c1C(=O)OC(C)C. The molecule has 0 aromatic carbocycles. The molecule has 0 unspecified atom stereocenters. The predicted octanol–water partition coefficient (Wildman–Crippen LogP) is 3.30. The quantitative estimate of drug-likeness (QED) is 0.758. The molecule has 0 radical (unpaired) electrons. The predicted molar refractivity (Wildman–Crippen MR) is 97.8 cm³/mol. The van der Waals surface area contributed by atoms with Crippen molar-refractivity contribution >= 4 is 34.2 Å². The number of anilines is 1. The van der Waals surface area contributed by atoms with Crippen molar-refractivity contribution in [2.75, 3.05) is 11.9 Å². The van der Waals surface area contributed by atoms with Crippen LogP contribution in [0.1, 0.15) is 66.1 Å². The molecule has 1 aliphatic heterocycles. The summed E-state index contributed by atoms with van der Waals surface area (Å²) in [6.45, 7) is 9.14. The second-order valence-corrected chi connectivity index (χ2v) is 7.68. The van der Waals surface area contributed by atoms with Gasteiger partial charge in [-0.15, -0.1) is 11.3 Å². The molecule has 0 aliphatic carbocycles. The summed E-state index contributed by atoms with van der Waals surface area (Å²) in [5.74, 6) is -1.44. The lowest BCUT2D eigenvalue weighted by molar-refractivity contribution is -0.124. The topological polar surface area (TPSA) is 90.9 Å². The van der Waals surface area contributed by atoms with E-state index in [1.807, 2.05) is 0 Å². The second-order valence-electron chi connectivity index (χ2n) is 6.66.